The van der Waals surface area contributed by atoms with Crippen molar-refractivity contribution in [3.8, 4) is 0 Å². The quantitative estimate of drug-likeness (QED) is 0.635. The molecule has 2 heterocycles. The zero-order valence-electron chi connectivity index (χ0n) is 16.7. The van der Waals surface area contributed by atoms with Crippen LogP contribution in [0.2, 0.25) is 0 Å². The highest BCUT2D eigenvalue weighted by molar-refractivity contribution is 7.92. The number of benzene rings is 1. The summed E-state index contributed by atoms with van der Waals surface area (Å²) in [6.45, 7) is 6.98. The van der Waals surface area contributed by atoms with Crippen molar-refractivity contribution in [1.82, 2.24) is 15.6 Å². The molecule has 0 radical (unpaired) electrons. The van der Waals surface area contributed by atoms with Gasteiger partial charge in [0.2, 0.25) is 0 Å². The Morgan fingerprint density at radius 2 is 1.93 bits per heavy atom. The van der Waals surface area contributed by atoms with E-state index in [9.17, 15) is 13.2 Å². The van der Waals surface area contributed by atoms with Gasteiger partial charge >= 0.3 is 0 Å². The molecule has 0 spiro atoms. The Kier molecular flexibility index (Phi) is 6.71. The van der Waals surface area contributed by atoms with E-state index in [4.69, 9.17) is 0 Å². The zero-order chi connectivity index (χ0) is 20.9. The van der Waals surface area contributed by atoms with Crippen molar-refractivity contribution in [3.63, 3.8) is 0 Å². The predicted octanol–water partition coefficient (Wildman–Crippen LogP) is 1.82. The summed E-state index contributed by atoms with van der Waals surface area (Å²) in [6, 6.07) is 9.66. The fourth-order valence-electron chi connectivity index (χ4n) is 3.03. The number of nitrogens with one attached hydrogen (secondary N) is 3. The van der Waals surface area contributed by atoms with Crippen LogP contribution >= 0.6 is 0 Å². The van der Waals surface area contributed by atoms with Gasteiger partial charge in [0.05, 0.1) is 22.3 Å². The van der Waals surface area contributed by atoms with E-state index in [2.05, 4.69) is 20.3 Å². The molecule has 3 rings (SSSR count). The number of sulfonamides is 1. The number of carbonyl (C=O) groups excluding carboxylic acids is 1. The third kappa shape index (κ3) is 5.24. The Balaban J connectivity index is 1.93. The fraction of sp³-hybridized carbons (Fsp3) is 0.400. The van der Waals surface area contributed by atoms with Gasteiger partial charge in [-0.25, -0.2) is 13.4 Å². The maximum atomic E-state index is 12.9. The lowest BCUT2D eigenvalue weighted by molar-refractivity contribution is 0.0939. The summed E-state index contributed by atoms with van der Waals surface area (Å²) in [5, 5.41) is 6.22. The van der Waals surface area contributed by atoms with E-state index in [0.29, 0.717) is 11.4 Å². The van der Waals surface area contributed by atoms with Crippen LogP contribution in [0.1, 0.15) is 30.6 Å². The molecule has 1 aliphatic rings. The number of piperazine rings is 1. The third-order valence-electron chi connectivity index (χ3n) is 4.82. The van der Waals surface area contributed by atoms with E-state index < -0.39 is 10.0 Å². The molecule has 3 N–H and O–H groups in total. The Hall–Kier alpha value is -2.65. The van der Waals surface area contributed by atoms with Crippen LogP contribution in [0.3, 0.4) is 0 Å². The summed E-state index contributed by atoms with van der Waals surface area (Å²) in [5.74, 6) is 0.302. The summed E-state index contributed by atoms with van der Waals surface area (Å²) in [4.78, 5) is 19.5. The molecule has 156 valence electrons. The average Bonchev–Trinajstić information content (AvgIpc) is 2.74. The standard InChI is InChI=1S/C20H27N5O3S/c1-3-15(2)23-20(26)18-13-16(14-22-19(18)25-11-9-21-10-12-25)24-29(27,28)17-7-5-4-6-8-17/h4-8,13-15,21,24H,3,9-12H2,1-2H3,(H,23,26). The summed E-state index contributed by atoms with van der Waals surface area (Å²) < 4.78 is 27.8. The third-order valence-corrected chi connectivity index (χ3v) is 6.22. The second-order valence-corrected chi connectivity index (χ2v) is 8.72. The van der Waals surface area contributed by atoms with Gasteiger partial charge in [-0.1, -0.05) is 25.1 Å². The Morgan fingerprint density at radius 3 is 2.59 bits per heavy atom. The van der Waals surface area contributed by atoms with Crippen molar-refractivity contribution in [2.75, 3.05) is 35.8 Å². The van der Waals surface area contributed by atoms with E-state index in [-0.39, 0.29) is 22.5 Å². The molecular weight excluding hydrogens is 390 g/mol. The number of carbonyl (C=O) groups is 1. The number of pyridine rings is 1. The van der Waals surface area contributed by atoms with Crippen molar-refractivity contribution < 1.29 is 13.2 Å². The first-order valence-electron chi connectivity index (χ1n) is 9.75. The molecule has 29 heavy (non-hydrogen) atoms. The molecule has 1 aliphatic heterocycles. The number of hydrogen-bond donors (Lipinski definition) is 3. The molecule has 0 bridgehead atoms. The SMILES string of the molecule is CCC(C)NC(=O)c1cc(NS(=O)(=O)c2ccccc2)cnc1N1CCNCC1. The smallest absolute Gasteiger partial charge is 0.261 e. The molecule has 1 fully saturated rings. The number of nitrogens with zero attached hydrogens (tertiary/aromatic N) is 2. The minimum absolute atomic E-state index is 0.00281. The lowest BCUT2D eigenvalue weighted by Crippen LogP contribution is -2.45. The summed E-state index contributed by atoms with van der Waals surface area (Å²) >= 11 is 0. The number of anilines is 2. The van der Waals surface area contributed by atoms with Crippen molar-refractivity contribution in [3.05, 3.63) is 48.2 Å². The van der Waals surface area contributed by atoms with Crippen molar-refractivity contribution >= 4 is 27.4 Å². The van der Waals surface area contributed by atoms with Gasteiger partial charge in [-0.3, -0.25) is 9.52 Å². The topological polar surface area (TPSA) is 103 Å². The first-order valence-corrected chi connectivity index (χ1v) is 11.2. The minimum Gasteiger partial charge on any atom is -0.353 e. The van der Waals surface area contributed by atoms with Crippen LogP contribution in [0.5, 0.6) is 0 Å². The van der Waals surface area contributed by atoms with Gasteiger partial charge in [-0.15, -0.1) is 0 Å². The van der Waals surface area contributed by atoms with Crippen LogP contribution < -0.4 is 20.3 Å². The summed E-state index contributed by atoms with van der Waals surface area (Å²) in [7, 11) is -3.77. The molecule has 2 aromatic rings. The summed E-state index contributed by atoms with van der Waals surface area (Å²) in [5.41, 5.74) is 0.613. The molecule has 0 aliphatic carbocycles. The minimum atomic E-state index is -3.77. The van der Waals surface area contributed by atoms with Crippen molar-refractivity contribution in [1.29, 1.82) is 0 Å². The summed E-state index contributed by atoms with van der Waals surface area (Å²) in [6.07, 6.45) is 2.25. The van der Waals surface area contributed by atoms with E-state index in [1.54, 1.807) is 24.3 Å². The van der Waals surface area contributed by atoms with Crippen molar-refractivity contribution in [2.24, 2.45) is 0 Å². The number of hydrogen-bond acceptors (Lipinski definition) is 6. The maximum absolute atomic E-state index is 12.9. The zero-order valence-corrected chi connectivity index (χ0v) is 17.5. The molecular formula is C20H27N5O3S. The van der Waals surface area contributed by atoms with Crippen LogP contribution in [0.25, 0.3) is 0 Å². The Bertz CT molecular complexity index is 944. The largest absolute Gasteiger partial charge is 0.353 e. The highest BCUT2D eigenvalue weighted by Gasteiger charge is 2.23. The molecule has 1 aromatic heterocycles. The lowest BCUT2D eigenvalue weighted by Gasteiger charge is -2.30. The lowest BCUT2D eigenvalue weighted by atomic mass is 10.1. The monoisotopic (exact) mass is 417 g/mol. The molecule has 9 heteroatoms. The van der Waals surface area contributed by atoms with E-state index in [0.717, 1.165) is 32.6 Å². The van der Waals surface area contributed by atoms with Gasteiger partial charge in [0.25, 0.3) is 15.9 Å². The van der Waals surface area contributed by atoms with Crippen LogP contribution in [-0.4, -0.2) is 51.5 Å². The van der Waals surface area contributed by atoms with Crippen molar-refractivity contribution in [2.45, 2.75) is 31.2 Å². The average molecular weight is 418 g/mol. The second-order valence-electron chi connectivity index (χ2n) is 7.03. The van der Waals surface area contributed by atoms with Crippen LogP contribution in [-0.2, 0) is 10.0 Å². The fourth-order valence-corrected chi connectivity index (χ4v) is 4.08. The predicted molar refractivity (Wildman–Crippen MR) is 114 cm³/mol. The van der Waals surface area contributed by atoms with Gasteiger partial charge in [0.15, 0.2) is 0 Å². The Morgan fingerprint density at radius 1 is 1.24 bits per heavy atom. The first kappa shape index (κ1) is 21.1. The van der Waals surface area contributed by atoms with Gasteiger partial charge < -0.3 is 15.5 Å². The molecule has 8 nitrogen and oxygen atoms in total. The molecule has 1 aromatic carbocycles. The second kappa shape index (κ2) is 9.23. The van der Waals surface area contributed by atoms with E-state index in [1.165, 1.54) is 18.3 Å². The maximum Gasteiger partial charge on any atom is 0.261 e. The van der Waals surface area contributed by atoms with E-state index in [1.807, 2.05) is 18.7 Å². The van der Waals surface area contributed by atoms with Gasteiger partial charge in [0.1, 0.15) is 5.82 Å². The Labute approximate surface area is 171 Å². The number of aromatic nitrogens is 1. The van der Waals surface area contributed by atoms with Crippen LogP contribution in [0.4, 0.5) is 11.5 Å². The molecule has 1 amide bonds. The number of amides is 1. The normalized spacial score (nSPS) is 15.6. The van der Waals surface area contributed by atoms with Gasteiger partial charge in [0, 0.05) is 32.2 Å². The highest BCUT2D eigenvalue weighted by Crippen LogP contribution is 2.24. The molecule has 1 atom stereocenters. The molecule has 1 saturated heterocycles. The van der Waals surface area contributed by atoms with E-state index >= 15 is 0 Å². The first-order chi connectivity index (χ1) is 13.9. The van der Waals surface area contributed by atoms with Gasteiger partial charge in [-0.2, -0.15) is 0 Å². The van der Waals surface area contributed by atoms with Crippen LogP contribution in [0.15, 0.2) is 47.5 Å². The molecule has 0 saturated carbocycles. The number of rotatable bonds is 7. The van der Waals surface area contributed by atoms with Gasteiger partial charge in [-0.05, 0) is 31.5 Å². The highest BCUT2D eigenvalue weighted by atomic mass is 32.2. The van der Waals surface area contributed by atoms with Crippen LogP contribution in [0, 0.1) is 0 Å². The molecule has 1 unspecified atom stereocenters.